The minimum absolute atomic E-state index is 0.00529. The van der Waals surface area contributed by atoms with Gasteiger partial charge >= 0.3 is 0 Å². The number of sulfonamides is 1. The zero-order chi connectivity index (χ0) is 21.2. The molecular weight excluding hydrogens is 414 g/mol. The minimum atomic E-state index is -3.89. The van der Waals surface area contributed by atoms with E-state index in [0.29, 0.717) is 30.1 Å². The lowest BCUT2D eigenvalue weighted by Crippen LogP contribution is -2.44. The van der Waals surface area contributed by atoms with Crippen LogP contribution in [0.15, 0.2) is 53.4 Å². The van der Waals surface area contributed by atoms with Crippen molar-refractivity contribution in [1.82, 2.24) is 4.90 Å². The highest BCUT2D eigenvalue weighted by Crippen LogP contribution is 2.26. The van der Waals surface area contributed by atoms with Crippen LogP contribution in [-0.4, -0.2) is 45.3 Å². The van der Waals surface area contributed by atoms with Crippen molar-refractivity contribution in [2.75, 3.05) is 24.4 Å². The van der Waals surface area contributed by atoms with Gasteiger partial charge in [0.15, 0.2) is 0 Å². The van der Waals surface area contributed by atoms with Crippen LogP contribution in [0.5, 0.6) is 0 Å². The number of rotatable bonds is 5. The topological polar surface area (TPSA) is 101 Å². The van der Waals surface area contributed by atoms with Gasteiger partial charge in [-0.05, 0) is 49.2 Å². The standard InChI is InChI=1S/C20H22ClN3O4S/c1-23(17-8-3-7-16(21)12-17)29(27,28)18-9-2-5-14(11-18)20(26)24-10-4-6-15(13-24)19(22)25/h2-3,5,7-9,11-12,15H,4,6,10,13H2,1H3,(H2,22,25)/t15-/m1/s1. The van der Waals surface area contributed by atoms with Crippen LogP contribution in [0, 0.1) is 5.92 Å². The summed E-state index contributed by atoms with van der Waals surface area (Å²) in [5, 5.41) is 0.419. The van der Waals surface area contributed by atoms with Gasteiger partial charge in [-0.1, -0.05) is 23.7 Å². The highest BCUT2D eigenvalue weighted by Gasteiger charge is 2.29. The normalized spacial score (nSPS) is 17.0. The van der Waals surface area contributed by atoms with Crippen LogP contribution in [0.3, 0.4) is 0 Å². The largest absolute Gasteiger partial charge is 0.369 e. The Hall–Kier alpha value is -2.58. The Morgan fingerprint density at radius 3 is 2.59 bits per heavy atom. The van der Waals surface area contributed by atoms with E-state index in [2.05, 4.69) is 0 Å². The van der Waals surface area contributed by atoms with Crippen LogP contribution >= 0.6 is 11.6 Å². The predicted octanol–water partition coefficient (Wildman–Crippen LogP) is 2.50. The number of benzene rings is 2. The Morgan fingerprint density at radius 1 is 1.17 bits per heavy atom. The third kappa shape index (κ3) is 4.54. The summed E-state index contributed by atoms with van der Waals surface area (Å²) in [7, 11) is -2.46. The number of nitrogens with two attached hydrogens (primary N) is 1. The Kier molecular flexibility index (Phi) is 6.14. The van der Waals surface area contributed by atoms with Crippen LogP contribution in [0.25, 0.3) is 0 Å². The first-order valence-electron chi connectivity index (χ1n) is 9.13. The molecule has 1 saturated heterocycles. The van der Waals surface area contributed by atoms with E-state index in [4.69, 9.17) is 17.3 Å². The number of hydrogen-bond acceptors (Lipinski definition) is 4. The van der Waals surface area contributed by atoms with Crippen LogP contribution in [0.1, 0.15) is 23.2 Å². The molecule has 0 spiro atoms. The molecule has 29 heavy (non-hydrogen) atoms. The van der Waals surface area contributed by atoms with Gasteiger partial charge in [0.2, 0.25) is 5.91 Å². The lowest BCUT2D eigenvalue weighted by atomic mass is 9.97. The van der Waals surface area contributed by atoms with E-state index in [9.17, 15) is 18.0 Å². The van der Waals surface area contributed by atoms with Crippen LogP contribution < -0.4 is 10.0 Å². The lowest BCUT2D eigenvalue weighted by molar-refractivity contribution is -0.123. The molecule has 2 amide bonds. The van der Waals surface area contributed by atoms with E-state index in [0.717, 1.165) is 4.31 Å². The Bertz CT molecular complexity index is 1040. The fourth-order valence-electron chi connectivity index (χ4n) is 3.33. The summed E-state index contributed by atoms with van der Waals surface area (Å²) in [6.07, 6.45) is 1.33. The molecule has 3 rings (SSSR count). The van der Waals surface area contributed by atoms with Crippen LogP contribution in [0.4, 0.5) is 5.69 Å². The first-order valence-corrected chi connectivity index (χ1v) is 10.9. The summed E-state index contributed by atoms with van der Waals surface area (Å²) in [5.41, 5.74) is 6.04. The van der Waals surface area contributed by atoms with E-state index in [1.807, 2.05) is 0 Å². The maximum absolute atomic E-state index is 13.0. The summed E-state index contributed by atoms with van der Waals surface area (Å²) in [4.78, 5) is 25.9. The molecule has 2 aromatic carbocycles. The van der Waals surface area contributed by atoms with Crippen LogP contribution in [-0.2, 0) is 14.8 Å². The van der Waals surface area contributed by atoms with Gasteiger partial charge in [0.05, 0.1) is 16.5 Å². The third-order valence-electron chi connectivity index (χ3n) is 5.02. The number of carbonyl (C=O) groups is 2. The molecule has 1 heterocycles. The average molecular weight is 436 g/mol. The smallest absolute Gasteiger partial charge is 0.264 e. The molecule has 1 aliphatic heterocycles. The van der Waals surface area contributed by atoms with E-state index in [-0.39, 0.29) is 28.8 Å². The van der Waals surface area contributed by atoms with E-state index in [1.54, 1.807) is 35.2 Å². The molecule has 1 fully saturated rings. The molecule has 0 unspecified atom stereocenters. The second kappa shape index (κ2) is 8.42. The van der Waals surface area contributed by atoms with Crippen molar-refractivity contribution in [2.45, 2.75) is 17.7 Å². The molecule has 0 radical (unpaired) electrons. The van der Waals surface area contributed by atoms with Gasteiger partial charge in [-0.15, -0.1) is 0 Å². The summed E-state index contributed by atoms with van der Waals surface area (Å²) in [5.74, 6) is -1.13. The van der Waals surface area contributed by atoms with E-state index < -0.39 is 15.9 Å². The van der Waals surface area contributed by atoms with Crippen molar-refractivity contribution in [3.8, 4) is 0 Å². The quantitative estimate of drug-likeness (QED) is 0.779. The molecule has 9 heteroatoms. The average Bonchev–Trinajstić information content (AvgIpc) is 2.72. The highest BCUT2D eigenvalue weighted by atomic mass is 35.5. The highest BCUT2D eigenvalue weighted by molar-refractivity contribution is 7.92. The molecule has 0 aliphatic carbocycles. The molecule has 0 aromatic heterocycles. The fourth-order valence-corrected chi connectivity index (χ4v) is 4.75. The van der Waals surface area contributed by atoms with Crippen molar-refractivity contribution in [1.29, 1.82) is 0 Å². The Balaban J connectivity index is 1.86. The molecule has 0 bridgehead atoms. The van der Waals surface area contributed by atoms with Crippen molar-refractivity contribution < 1.29 is 18.0 Å². The Labute approximate surface area is 175 Å². The zero-order valence-corrected chi connectivity index (χ0v) is 17.5. The molecule has 154 valence electrons. The molecule has 1 atom stereocenters. The van der Waals surface area contributed by atoms with Gasteiger partial charge in [0.25, 0.3) is 15.9 Å². The van der Waals surface area contributed by atoms with E-state index in [1.165, 1.54) is 25.2 Å². The number of halogens is 1. The third-order valence-corrected chi connectivity index (χ3v) is 7.04. The molecule has 1 aliphatic rings. The van der Waals surface area contributed by atoms with Gasteiger partial charge in [0.1, 0.15) is 0 Å². The number of piperidine rings is 1. The molecular formula is C20H22ClN3O4S. The molecule has 7 nitrogen and oxygen atoms in total. The number of likely N-dealkylation sites (tertiary alicyclic amines) is 1. The Morgan fingerprint density at radius 2 is 1.90 bits per heavy atom. The number of hydrogen-bond donors (Lipinski definition) is 1. The van der Waals surface area contributed by atoms with Crippen molar-refractivity contribution in [3.63, 3.8) is 0 Å². The number of nitrogens with zero attached hydrogens (tertiary/aromatic N) is 2. The number of carbonyl (C=O) groups excluding carboxylic acids is 2. The number of anilines is 1. The second-order valence-corrected chi connectivity index (χ2v) is 9.38. The van der Waals surface area contributed by atoms with E-state index >= 15 is 0 Å². The van der Waals surface area contributed by atoms with Crippen LogP contribution in [0.2, 0.25) is 5.02 Å². The van der Waals surface area contributed by atoms with Gasteiger partial charge < -0.3 is 10.6 Å². The number of amides is 2. The molecule has 2 N–H and O–H groups in total. The van der Waals surface area contributed by atoms with Gasteiger partial charge in [0, 0.05) is 30.7 Å². The zero-order valence-electron chi connectivity index (χ0n) is 15.9. The summed E-state index contributed by atoms with van der Waals surface area (Å²) >= 11 is 5.97. The van der Waals surface area contributed by atoms with Crippen molar-refractivity contribution in [2.24, 2.45) is 11.7 Å². The van der Waals surface area contributed by atoms with Crippen molar-refractivity contribution in [3.05, 3.63) is 59.1 Å². The maximum Gasteiger partial charge on any atom is 0.264 e. The van der Waals surface area contributed by atoms with Gasteiger partial charge in [-0.3, -0.25) is 13.9 Å². The first-order chi connectivity index (χ1) is 13.7. The SMILES string of the molecule is CN(c1cccc(Cl)c1)S(=O)(=O)c1cccc(C(=O)N2CCC[C@@H](C(N)=O)C2)c1. The van der Waals surface area contributed by atoms with Crippen molar-refractivity contribution >= 4 is 39.1 Å². The second-order valence-electron chi connectivity index (χ2n) is 6.97. The van der Waals surface area contributed by atoms with Gasteiger partial charge in [-0.25, -0.2) is 8.42 Å². The maximum atomic E-state index is 13.0. The fraction of sp³-hybridized carbons (Fsp3) is 0.300. The summed E-state index contributed by atoms with van der Waals surface area (Å²) in [6, 6.07) is 12.4. The van der Waals surface area contributed by atoms with Gasteiger partial charge in [-0.2, -0.15) is 0 Å². The number of primary amides is 1. The minimum Gasteiger partial charge on any atom is -0.369 e. The molecule has 0 saturated carbocycles. The monoisotopic (exact) mass is 435 g/mol. The molecule has 2 aromatic rings. The summed E-state index contributed by atoms with van der Waals surface area (Å²) in [6.45, 7) is 0.746. The summed E-state index contributed by atoms with van der Waals surface area (Å²) < 4.78 is 27.2. The predicted molar refractivity (Wildman–Crippen MR) is 111 cm³/mol. The lowest BCUT2D eigenvalue weighted by Gasteiger charge is -2.31. The first kappa shape index (κ1) is 21.1.